The average molecular weight is 662 g/mol. The number of morpholine rings is 1. The minimum Gasteiger partial charge on any atom is -0.487 e. The van der Waals surface area contributed by atoms with E-state index in [1.54, 1.807) is 35.7 Å². The SMILES string of the molecule is C[C@@H](Cn1cncn1)Oc1cc(-c2cnc(Nc3cn(C4CCC(N5CCOCC5)CC4)nc3OCc3ccccn3)nc2)ccc1C#N. The number of benzene rings is 1. The van der Waals surface area contributed by atoms with E-state index in [1.807, 2.05) is 48.1 Å². The maximum Gasteiger partial charge on any atom is 0.257 e. The molecule has 4 aromatic heterocycles. The van der Waals surface area contributed by atoms with Gasteiger partial charge in [0.25, 0.3) is 5.88 Å². The summed E-state index contributed by atoms with van der Waals surface area (Å²) >= 11 is 0. The number of pyridine rings is 1. The van der Waals surface area contributed by atoms with Gasteiger partial charge in [-0.15, -0.1) is 5.10 Å². The first-order chi connectivity index (χ1) is 24.1. The van der Waals surface area contributed by atoms with Crippen LogP contribution in [0.1, 0.15) is 49.9 Å². The Bertz CT molecular complexity index is 1830. The summed E-state index contributed by atoms with van der Waals surface area (Å²) in [5.74, 6) is 1.37. The van der Waals surface area contributed by atoms with Crippen molar-refractivity contribution in [2.45, 2.75) is 63.9 Å². The van der Waals surface area contributed by atoms with Gasteiger partial charge in [0, 0.05) is 43.3 Å². The van der Waals surface area contributed by atoms with Gasteiger partial charge in [-0.25, -0.2) is 19.6 Å². The number of rotatable bonds is 12. The van der Waals surface area contributed by atoms with Crippen LogP contribution < -0.4 is 14.8 Å². The molecule has 0 bridgehead atoms. The molecular weight excluding hydrogens is 622 g/mol. The first-order valence-corrected chi connectivity index (χ1v) is 16.7. The second kappa shape index (κ2) is 15.2. The normalized spacial score (nSPS) is 18.8. The summed E-state index contributed by atoms with van der Waals surface area (Å²) in [6.45, 7) is 6.38. The van der Waals surface area contributed by atoms with E-state index >= 15 is 0 Å². The molecule has 0 amide bonds. The summed E-state index contributed by atoms with van der Waals surface area (Å²) in [5.41, 5.74) is 3.55. The van der Waals surface area contributed by atoms with Crippen LogP contribution in [0, 0.1) is 11.3 Å². The van der Waals surface area contributed by atoms with Gasteiger partial charge in [-0.2, -0.15) is 10.4 Å². The summed E-state index contributed by atoms with van der Waals surface area (Å²) in [5, 5.41) is 22.0. The molecule has 2 fully saturated rings. The van der Waals surface area contributed by atoms with E-state index in [4.69, 9.17) is 19.3 Å². The minimum absolute atomic E-state index is 0.235. The first kappa shape index (κ1) is 32.2. The van der Waals surface area contributed by atoms with Gasteiger partial charge in [0.15, 0.2) is 0 Å². The topological polar surface area (TPSA) is 154 Å². The number of hydrogen-bond donors (Lipinski definition) is 1. The molecule has 1 atom stereocenters. The molecular formula is C35H39N11O3. The molecule has 14 nitrogen and oxygen atoms in total. The zero-order chi connectivity index (χ0) is 33.4. The van der Waals surface area contributed by atoms with E-state index in [0.717, 1.165) is 68.8 Å². The smallest absolute Gasteiger partial charge is 0.257 e. The lowest BCUT2D eigenvalue weighted by atomic mass is 9.90. The number of nitrogens with zero attached hydrogens (tertiary/aromatic N) is 10. The summed E-state index contributed by atoms with van der Waals surface area (Å²) in [7, 11) is 0. The molecule has 5 heterocycles. The molecule has 14 heteroatoms. The van der Waals surface area contributed by atoms with Crippen molar-refractivity contribution in [3.05, 3.63) is 85.1 Å². The van der Waals surface area contributed by atoms with E-state index in [1.165, 1.54) is 6.33 Å². The van der Waals surface area contributed by atoms with Crippen LogP contribution in [0.5, 0.6) is 11.6 Å². The Hall–Kier alpha value is -5.39. The van der Waals surface area contributed by atoms with Crippen LogP contribution in [0.3, 0.4) is 0 Å². The van der Waals surface area contributed by atoms with Gasteiger partial charge in [0.05, 0.1) is 43.3 Å². The predicted molar refractivity (Wildman–Crippen MR) is 180 cm³/mol. The Morgan fingerprint density at radius 3 is 2.57 bits per heavy atom. The second-order valence-corrected chi connectivity index (χ2v) is 12.3. The highest BCUT2D eigenvalue weighted by Crippen LogP contribution is 2.35. The third-order valence-corrected chi connectivity index (χ3v) is 8.96. The van der Waals surface area contributed by atoms with Crippen molar-refractivity contribution in [2.75, 3.05) is 31.6 Å². The maximum absolute atomic E-state index is 9.68. The van der Waals surface area contributed by atoms with Crippen LogP contribution in [0.25, 0.3) is 11.1 Å². The molecule has 1 aliphatic carbocycles. The zero-order valence-corrected chi connectivity index (χ0v) is 27.4. The zero-order valence-electron chi connectivity index (χ0n) is 27.4. The number of aromatic nitrogens is 8. The molecule has 1 saturated carbocycles. The molecule has 1 N–H and O–H groups in total. The van der Waals surface area contributed by atoms with E-state index in [0.29, 0.717) is 41.4 Å². The van der Waals surface area contributed by atoms with E-state index in [-0.39, 0.29) is 18.8 Å². The van der Waals surface area contributed by atoms with E-state index in [9.17, 15) is 5.26 Å². The molecule has 1 saturated heterocycles. The molecule has 1 aliphatic heterocycles. The standard InChI is InChI=1S/C35H39N11O3/c1-25(20-45-24-37-23-41-45)49-33-16-26(5-6-27(33)17-36)28-18-39-35(40-19-28)42-32-21-46(43-34(32)48-22-29-4-2-3-11-38-29)31-9-7-30(8-10-31)44-12-14-47-15-13-44/h2-6,11,16,18-19,21,23-25,30-31H,7-10,12-15,20,22H2,1H3,(H,39,40,42)/t25-,30?,31?/m0/s1. The molecule has 2 aliphatic rings. The Morgan fingerprint density at radius 1 is 1.02 bits per heavy atom. The summed E-state index contributed by atoms with van der Waals surface area (Å²) in [6.07, 6.45) is 14.5. The van der Waals surface area contributed by atoms with Gasteiger partial charge in [-0.05, 0) is 62.4 Å². The van der Waals surface area contributed by atoms with Crippen LogP contribution in [0.4, 0.5) is 11.6 Å². The molecule has 0 unspecified atom stereocenters. The van der Waals surface area contributed by atoms with Gasteiger partial charge >= 0.3 is 0 Å². The van der Waals surface area contributed by atoms with E-state index in [2.05, 4.69) is 41.3 Å². The number of anilines is 2. The Morgan fingerprint density at radius 2 is 1.84 bits per heavy atom. The van der Waals surface area contributed by atoms with Crippen molar-refractivity contribution >= 4 is 11.6 Å². The van der Waals surface area contributed by atoms with Crippen molar-refractivity contribution in [1.29, 1.82) is 5.26 Å². The largest absolute Gasteiger partial charge is 0.487 e. The first-order valence-electron chi connectivity index (χ1n) is 16.7. The fraction of sp³-hybridized carbons (Fsp3) is 0.400. The third kappa shape index (κ3) is 8.02. The van der Waals surface area contributed by atoms with Gasteiger partial charge in [0.1, 0.15) is 42.9 Å². The predicted octanol–water partition coefficient (Wildman–Crippen LogP) is 4.80. The van der Waals surface area contributed by atoms with Gasteiger partial charge in [0.2, 0.25) is 5.95 Å². The van der Waals surface area contributed by atoms with Crippen LogP contribution in [0.2, 0.25) is 0 Å². The molecule has 7 rings (SSSR count). The highest BCUT2D eigenvalue weighted by molar-refractivity contribution is 5.67. The fourth-order valence-corrected chi connectivity index (χ4v) is 6.41. The molecule has 0 spiro atoms. The lowest BCUT2D eigenvalue weighted by molar-refractivity contribution is 0.00502. The van der Waals surface area contributed by atoms with Gasteiger partial charge in [-0.1, -0.05) is 12.1 Å². The van der Waals surface area contributed by atoms with Crippen LogP contribution in [-0.4, -0.2) is 82.8 Å². The number of ether oxygens (including phenoxy) is 3. The Balaban J connectivity index is 1.05. The van der Waals surface area contributed by atoms with Gasteiger partial charge < -0.3 is 19.5 Å². The highest BCUT2D eigenvalue weighted by Gasteiger charge is 2.29. The Labute approximate surface area is 284 Å². The molecule has 252 valence electrons. The monoisotopic (exact) mass is 661 g/mol. The number of nitrogens with one attached hydrogen (secondary N) is 1. The molecule has 5 aromatic rings. The average Bonchev–Trinajstić information content (AvgIpc) is 3.82. The van der Waals surface area contributed by atoms with Crippen molar-refractivity contribution < 1.29 is 14.2 Å². The quantitative estimate of drug-likeness (QED) is 0.195. The number of hydrogen-bond acceptors (Lipinski definition) is 12. The van der Waals surface area contributed by atoms with Crippen molar-refractivity contribution in [2.24, 2.45) is 0 Å². The summed E-state index contributed by atoms with van der Waals surface area (Å²) < 4.78 is 21.6. The Kier molecular flexibility index (Phi) is 10.00. The molecule has 49 heavy (non-hydrogen) atoms. The summed E-state index contributed by atoms with van der Waals surface area (Å²) in [4.78, 5) is 20.2. The van der Waals surface area contributed by atoms with E-state index < -0.39 is 0 Å². The minimum atomic E-state index is -0.235. The fourth-order valence-electron chi connectivity index (χ4n) is 6.41. The van der Waals surface area contributed by atoms with Crippen LogP contribution in [-0.2, 0) is 17.9 Å². The van der Waals surface area contributed by atoms with Gasteiger partial charge in [-0.3, -0.25) is 14.6 Å². The lowest BCUT2D eigenvalue weighted by Gasteiger charge is -2.38. The second-order valence-electron chi connectivity index (χ2n) is 12.3. The van der Waals surface area contributed by atoms with Crippen LogP contribution in [0.15, 0.2) is 73.8 Å². The van der Waals surface area contributed by atoms with Crippen LogP contribution >= 0.6 is 0 Å². The number of nitriles is 1. The molecule has 1 aromatic carbocycles. The third-order valence-electron chi connectivity index (χ3n) is 8.96. The molecule has 0 radical (unpaired) electrons. The van der Waals surface area contributed by atoms with Crippen molar-refractivity contribution in [1.82, 2.24) is 44.4 Å². The maximum atomic E-state index is 9.68. The highest BCUT2D eigenvalue weighted by atomic mass is 16.5. The summed E-state index contributed by atoms with van der Waals surface area (Å²) in [6, 6.07) is 14.3. The van der Waals surface area contributed by atoms with Crippen molar-refractivity contribution in [3.8, 4) is 28.8 Å². The lowest BCUT2D eigenvalue weighted by Crippen LogP contribution is -2.45. The van der Waals surface area contributed by atoms with Crippen molar-refractivity contribution in [3.63, 3.8) is 0 Å².